The molecule has 4 heteroatoms. The van der Waals surface area contributed by atoms with Crippen LogP contribution in [0.5, 0.6) is 0 Å². The van der Waals surface area contributed by atoms with Gasteiger partial charge in [0, 0.05) is 6.08 Å². The van der Waals surface area contributed by atoms with Gasteiger partial charge in [-0.25, -0.2) is 9.78 Å². The first-order valence-electron chi connectivity index (χ1n) is 4.85. The van der Waals surface area contributed by atoms with E-state index >= 15 is 0 Å². The van der Waals surface area contributed by atoms with Crippen molar-refractivity contribution >= 4 is 33.6 Å². The molecule has 0 bridgehead atoms. The van der Waals surface area contributed by atoms with Crippen LogP contribution in [0.3, 0.4) is 0 Å². The Morgan fingerprint density at radius 2 is 2.19 bits per heavy atom. The summed E-state index contributed by atoms with van der Waals surface area (Å²) in [5.41, 5.74) is 3.28. The van der Waals surface area contributed by atoms with Crippen molar-refractivity contribution in [2.24, 2.45) is 0 Å². The molecule has 0 atom stereocenters. The fourth-order valence-corrected chi connectivity index (χ4v) is 2.65. The number of aryl methyl sites for hydroxylation is 2. The minimum atomic E-state index is -0.952. The number of carboxylic acid groups (broad SMARTS) is 1. The quantitative estimate of drug-likeness (QED) is 0.811. The van der Waals surface area contributed by atoms with Crippen LogP contribution in [0.1, 0.15) is 16.1 Å². The highest BCUT2D eigenvalue weighted by atomic mass is 32.1. The third-order valence-corrected chi connectivity index (χ3v) is 3.18. The average molecular weight is 233 g/mol. The number of aliphatic carboxylic acids is 1. The molecule has 3 nitrogen and oxygen atoms in total. The third-order valence-electron chi connectivity index (χ3n) is 2.21. The van der Waals surface area contributed by atoms with Gasteiger partial charge in [-0.1, -0.05) is 6.07 Å². The molecule has 0 saturated carbocycles. The second kappa shape index (κ2) is 4.06. The van der Waals surface area contributed by atoms with Gasteiger partial charge in [0.25, 0.3) is 0 Å². The highest BCUT2D eigenvalue weighted by Crippen LogP contribution is 2.26. The minimum absolute atomic E-state index is 0.728. The van der Waals surface area contributed by atoms with Crippen LogP contribution in [0.15, 0.2) is 18.2 Å². The van der Waals surface area contributed by atoms with Gasteiger partial charge in [0.05, 0.1) is 10.2 Å². The highest BCUT2D eigenvalue weighted by Gasteiger charge is 2.05. The van der Waals surface area contributed by atoms with E-state index < -0.39 is 5.97 Å². The van der Waals surface area contributed by atoms with Crippen LogP contribution in [0.2, 0.25) is 0 Å². The Kier molecular flexibility index (Phi) is 2.75. The maximum atomic E-state index is 10.4. The van der Waals surface area contributed by atoms with Gasteiger partial charge in [0.1, 0.15) is 5.01 Å². The van der Waals surface area contributed by atoms with Gasteiger partial charge in [-0.2, -0.15) is 0 Å². The van der Waals surface area contributed by atoms with Crippen molar-refractivity contribution in [3.8, 4) is 0 Å². The number of hydrogen-bond donors (Lipinski definition) is 1. The Bertz CT molecular complexity index is 584. The topological polar surface area (TPSA) is 50.2 Å². The Morgan fingerprint density at radius 1 is 1.44 bits per heavy atom. The summed E-state index contributed by atoms with van der Waals surface area (Å²) in [5.74, 6) is -0.952. The average Bonchev–Trinajstić information content (AvgIpc) is 2.57. The molecule has 2 aromatic rings. The smallest absolute Gasteiger partial charge is 0.328 e. The van der Waals surface area contributed by atoms with E-state index in [2.05, 4.69) is 17.1 Å². The zero-order chi connectivity index (χ0) is 11.7. The predicted molar refractivity (Wildman–Crippen MR) is 65.8 cm³/mol. The lowest BCUT2D eigenvalue weighted by molar-refractivity contribution is -0.131. The monoisotopic (exact) mass is 233 g/mol. The van der Waals surface area contributed by atoms with Crippen molar-refractivity contribution < 1.29 is 9.90 Å². The zero-order valence-electron chi connectivity index (χ0n) is 9.02. The molecule has 0 aliphatic carbocycles. The molecule has 0 amide bonds. The summed E-state index contributed by atoms with van der Waals surface area (Å²) in [7, 11) is 0. The molecule has 0 radical (unpaired) electrons. The summed E-state index contributed by atoms with van der Waals surface area (Å²) < 4.78 is 1.10. The highest BCUT2D eigenvalue weighted by molar-refractivity contribution is 7.19. The molecule has 1 N–H and O–H groups in total. The number of carbonyl (C=O) groups is 1. The molecular weight excluding hydrogens is 222 g/mol. The molecule has 1 aromatic heterocycles. The molecule has 2 rings (SSSR count). The van der Waals surface area contributed by atoms with Crippen LogP contribution in [0.25, 0.3) is 16.3 Å². The van der Waals surface area contributed by atoms with Crippen molar-refractivity contribution in [1.82, 2.24) is 4.98 Å². The largest absolute Gasteiger partial charge is 0.478 e. The first-order valence-corrected chi connectivity index (χ1v) is 5.67. The number of fused-ring (bicyclic) bond motifs is 1. The first-order chi connectivity index (χ1) is 7.56. The number of benzene rings is 1. The Balaban J connectivity index is 2.52. The Hall–Kier alpha value is -1.68. The lowest BCUT2D eigenvalue weighted by Gasteiger charge is -1.95. The van der Waals surface area contributed by atoms with E-state index in [4.69, 9.17) is 5.11 Å². The Labute approximate surface area is 97.1 Å². The first kappa shape index (κ1) is 10.8. The van der Waals surface area contributed by atoms with E-state index in [9.17, 15) is 4.79 Å². The number of hydrogen-bond acceptors (Lipinski definition) is 3. The van der Waals surface area contributed by atoms with Gasteiger partial charge >= 0.3 is 5.97 Å². The van der Waals surface area contributed by atoms with E-state index in [0.29, 0.717) is 0 Å². The predicted octanol–water partition coefficient (Wildman–Crippen LogP) is 3.01. The number of carboxylic acids is 1. The van der Waals surface area contributed by atoms with Crippen LogP contribution in [-0.2, 0) is 4.79 Å². The SMILES string of the molecule is Cc1cc(C)c2nc(/C=C/C(=O)O)sc2c1. The van der Waals surface area contributed by atoms with Crippen LogP contribution in [0, 0.1) is 13.8 Å². The van der Waals surface area contributed by atoms with E-state index in [1.54, 1.807) is 0 Å². The summed E-state index contributed by atoms with van der Waals surface area (Å²) in [6.07, 6.45) is 2.64. The van der Waals surface area contributed by atoms with Crippen LogP contribution in [0.4, 0.5) is 0 Å². The molecule has 0 spiro atoms. The number of rotatable bonds is 2. The molecule has 0 aliphatic rings. The maximum absolute atomic E-state index is 10.4. The fraction of sp³-hybridized carbons (Fsp3) is 0.167. The lowest BCUT2D eigenvalue weighted by Crippen LogP contribution is -1.85. The van der Waals surface area contributed by atoms with E-state index in [1.165, 1.54) is 23.0 Å². The normalized spacial score (nSPS) is 11.4. The number of thiazole rings is 1. The molecule has 0 unspecified atom stereocenters. The third kappa shape index (κ3) is 2.12. The summed E-state index contributed by atoms with van der Waals surface area (Å²) in [6.45, 7) is 4.05. The Morgan fingerprint density at radius 3 is 2.88 bits per heavy atom. The number of nitrogens with zero attached hydrogens (tertiary/aromatic N) is 1. The van der Waals surface area contributed by atoms with Gasteiger partial charge in [-0.05, 0) is 37.1 Å². The molecule has 1 heterocycles. The molecule has 0 aliphatic heterocycles. The number of aromatic nitrogens is 1. The van der Waals surface area contributed by atoms with Crippen molar-refractivity contribution in [2.45, 2.75) is 13.8 Å². The van der Waals surface area contributed by atoms with Crippen molar-refractivity contribution in [1.29, 1.82) is 0 Å². The lowest BCUT2D eigenvalue weighted by atomic mass is 10.1. The van der Waals surface area contributed by atoms with Crippen molar-refractivity contribution in [3.63, 3.8) is 0 Å². The van der Waals surface area contributed by atoms with Gasteiger partial charge in [0.15, 0.2) is 0 Å². The summed E-state index contributed by atoms with van der Waals surface area (Å²) in [5, 5.41) is 9.27. The zero-order valence-corrected chi connectivity index (χ0v) is 9.84. The van der Waals surface area contributed by atoms with Crippen LogP contribution < -0.4 is 0 Å². The molecule has 0 saturated heterocycles. The fourth-order valence-electron chi connectivity index (χ4n) is 1.60. The van der Waals surface area contributed by atoms with Crippen LogP contribution in [-0.4, -0.2) is 16.1 Å². The van der Waals surface area contributed by atoms with Gasteiger partial charge < -0.3 is 5.11 Å². The molecule has 82 valence electrons. The van der Waals surface area contributed by atoms with Crippen LogP contribution >= 0.6 is 11.3 Å². The second-order valence-corrected chi connectivity index (χ2v) is 4.71. The molecule has 16 heavy (non-hydrogen) atoms. The second-order valence-electron chi connectivity index (χ2n) is 3.65. The summed E-state index contributed by atoms with van der Waals surface area (Å²) in [6, 6.07) is 4.14. The maximum Gasteiger partial charge on any atom is 0.328 e. The van der Waals surface area contributed by atoms with Gasteiger partial charge in [-0.3, -0.25) is 0 Å². The summed E-state index contributed by atoms with van der Waals surface area (Å²) in [4.78, 5) is 14.8. The molecule has 0 fully saturated rings. The van der Waals surface area contributed by atoms with Crippen molar-refractivity contribution in [2.75, 3.05) is 0 Å². The van der Waals surface area contributed by atoms with Gasteiger partial charge in [0.2, 0.25) is 0 Å². The summed E-state index contributed by atoms with van der Waals surface area (Å²) >= 11 is 1.51. The van der Waals surface area contributed by atoms with E-state index in [-0.39, 0.29) is 0 Å². The molecular formula is C12H11NO2S. The van der Waals surface area contributed by atoms with Gasteiger partial charge in [-0.15, -0.1) is 11.3 Å². The minimum Gasteiger partial charge on any atom is -0.478 e. The molecule has 1 aromatic carbocycles. The van der Waals surface area contributed by atoms with Crippen molar-refractivity contribution in [3.05, 3.63) is 34.3 Å². The standard InChI is InChI=1S/C12H11NO2S/c1-7-5-8(2)12-9(6-7)16-10(13-12)3-4-11(14)15/h3-6H,1-2H3,(H,14,15)/b4-3+. The van der Waals surface area contributed by atoms with E-state index in [0.717, 1.165) is 26.9 Å². The van der Waals surface area contributed by atoms with E-state index in [1.807, 2.05) is 13.8 Å².